The van der Waals surface area contributed by atoms with Crippen LogP contribution in [0.25, 0.3) is 0 Å². The maximum Gasteiger partial charge on any atom is 0.243 e. The number of sulfonamides is 1. The zero-order valence-corrected chi connectivity index (χ0v) is 18.7. The first-order valence-electron chi connectivity index (χ1n) is 9.62. The molecule has 0 saturated carbocycles. The average molecular weight is 482 g/mol. The molecule has 0 atom stereocenters. The summed E-state index contributed by atoms with van der Waals surface area (Å²) in [6.45, 7) is 6.91. The molecule has 0 radical (unpaired) electrons. The van der Waals surface area contributed by atoms with Crippen LogP contribution >= 0.6 is 15.9 Å². The summed E-state index contributed by atoms with van der Waals surface area (Å²) in [5.74, 6) is 1.56. The highest BCUT2D eigenvalue weighted by atomic mass is 79.9. The number of ether oxygens (including phenoxy) is 1. The van der Waals surface area contributed by atoms with E-state index in [9.17, 15) is 8.42 Å². The van der Waals surface area contributed by atoms with Crippen LogP contribution in [0.3, 0.4) is 0 Å². The Labute approximate surface area is 179 Å². The highest BCUT2D eigenvalue weighted by Gasteiger charge is 2.29. The van der Waals surface area contributed by atoms with Crippen molar-refractivity contribution in [3.63, 3.8) is 0 Å². The standard InChI is InChI=1S/C19H24BrN5O3S/c1-15-14-18(23-10-12-28-13-11-23)22-19(21-15)24-6-8-25(9-7-24)29(26,27)17-4-2-16(20)3-5-17/h2-5,14H,6-13H2,1H3. The summed E-state index contributed by atoms with van der Waals surface area (Å²) in [5, 5.41) is 0. The molecule has 2 saturated heterocycles. The number of morpholine rings is 1. The smallest absolute Gasteiger partial charge is 0.243 e. The first kappa shape index (κ1) is 20.5. The van der Waals surface area contributed by atoms with Gasteiger partial charge in [0.05, 0.1) is 18.1 Å². The third-order valence-corrected chi connectivity index (χ3v) is 7.58. The number of benzene rings is 1. The largest absolute Gasteiger partial charge is 0.378 e. The molecule has 4 rings (SSSR count). The Bertz CT molecular complexity index is 956. The number of aryl methyl sites for hydroxylation is 1. The molecule has 0 amide bonds. The molecular formula is C19H24BrN5O3S. The van der Waals surface area contributed by atoms with Gasteiger partial charge in [0.1, 0.15) is 5.82 Å². The molecule has 1 aromatic heterocycles. The molecule has 156 valence electrons. The lowest BCUT2D eigenvalue weighted by Crippen LogP contribution is -2.49. The zero-order chi connectivity index (χ0) is 20.4. The predicted octanol–water partition coefficient (Wildman–Crippen LogP) is 1.90. The van der Waals surface area contributed by atoms with E-state index in [0.717, 1.165) is 29.1 Å². The highest BCUT2D eigenvalue weighted by Crippen LogP contribution is 2.23. The maximum absolute atomic E-state index is 12.9. The average Bonchev–Trinajstić information content (AvgIpc) is 2.74. The summed E-state index contributed by atoms with van der Waals surface area (Å²) < 4.78 is 33.6. The molecule has 0 aliphatic carbocycles. The van der Waals surface area contributed by atoms with Gasteiger partial charge in [-0.05, 0) is 31.2 Å². The number of nitrogens with zero attached hydrogens (tertiary/aromatic N) is 5. The molecule has 0 N–H and O–H groups in total. The Hall–Kier alpha value is -1.75. The second-order valence-corrected chi connectivity index (χ2v) is 9.97. The molecule has 29 heavy (non-hydrogen) atoms. The number of rotatable bonds is 4. The molecule has 8 nitrogen and oxygen atoms in total. The fourth-order valence-corrected chi connectivity index (χ4v) is 5.20. The summed E-state index contributed by atoms with van der Waals surface area (Å²) in [6.07, 6.45) is 0. The van der Waals surface area contributed by atoms with E-state index >= 15 is 0 Å². The van der Waals surface area contributed by atoms with Crippen LogP contribution in [-0.2, 0) is 14.8 Å². The SMILES string of the molecule is Cc1cc(N2CCOCC2)nc(N2CCN(S(=O)(=O)c3ccc(Br)cc3)CC2)n1. The van der Waals surface area contributed by atoms with Gasteiger partial charge in [-0.1, -0.05) is 15.9 Å². The van der Waals surface area contributed by atoms with E-state index in [2.05, 4.69) is 30.7 Å². The summed E-state index contributed by atoms with van der Waals surface area (Å²) in [7, 11) is -3.49. The van der Waals surface area contributed by atoms with Crippen LogP contribution in [-0.4, -0.2) is 75.2 Å². The van der Waals surface area contributed by atoms with E-state index in [1.54, 1.807) is 24.3 Å². The number of halogens is 1. The van der Waals surface area contributed by atoms with Gasteiger partial charge in [0, 0.05) is 55.5 Å². The number of piperazine rings is 1. The molecular weight excluding hydrogens is 458 g/mol. The van der Waals surface area contributed by atoms with Crippen molar-refractivity contribution in [3.05, 3.63) is 40.5 Å². The maximum atomic E-state index is 12.9. The summed E-state index contributed by atoms with van der Waals surface area (Å²) in [4.78, 5) is 13.9. The van der Waals surface area contributed by atoms with E-state index in [1.165, 1.54) is 4.31 Å². The van der Waals surface area contributed by atoms with E-state index < -0.39 is 10.0 Å². The molecule has 2 aliphatic heterocycles. The lowest BCUT2D eigenvalue weighted by molar-refractivity contribution is 0.122. The minimum atomic E-state index is -3.49. The number of anilines is 2. The summed E-state index contributed by atoms with van der Waals surface area (Å²) >= 11 is 3.34. The van der Waals surface area contributed by atoms with Crippen molar-refractivity contribution < 1.29 is 13.2 Å². The predicted molar refractivity (Wildman–Crippen MR) is 115 cm³/mol. The van der Waals surface area contributed by atoms with E-state index in [0.29, 0.717) is 50.2 Å². The van der Waals surface area contributed by atoms with E-state index in [4.69, 9.17) is 9.72 Å². The highest BCUT2D eigenvalue weighted by molar-refractivity contribution is 9.10. The van der Waals surface area contributed by atoms with Crippen molar-refractivity contribution >= 4 is 37.7 Å². The van der Waals surface area contributed by atoms with Gasteiger partial charge >= 0.3 is 0 Å². The van der Waals surface area contributed by atoms with Gasteiger partial charge in [-0.3, -0.25) is 0 Å². The van der Waals surface area contributed by atoms with Crippen molar-refractivity contribution in [1.82, 2.24) is 14.3 Å². The van der Waals surface area contributed by atoms with Gasteiger partial charge in [-0.25, -0.2) is 13.4 Å². The fourth-order valence-electron chi connectivity index (χ4n) is 3.52. The van der Waals surface area contributed by atoms with Crippen LogP contribution in [0.4, 0.5) is 11.8 Å². The van der Waals surface area contributed by atoms with Gasteiger partial charge in [-0.15, -0.1) is 0 Å². The first-order chi connectivity index (χ1) is 13.9. The lowest BCUT2D eigenvalue weighted by Gasteiger charge is -2.35. The quantitative estimate of drug-likeness (QED) is 0.659. The zero-order valence-electron chi connectivity index (χ0n) is 16.3. The molecule has 0 bridgehead atoms. The van der Waals surface area contributed by atoms with Crippen LogP contribution < -0.4 is 9.80 Å². The second-order valence-electron chi connectivity index (χ2n) is 7.11. The normalized spacial score (nSPS) is 18.8. The Kier molecular flexibility index (Phi) is 6.05. The van der Waals surface area contributed by atoms with Crippen molar-refractivity contribution in [2.75, 3.05) is 62.3 Å². The Morgan fingerprint density at radius 1 is 0.931 bits per heavy atom. The van der Waals surface area contributed by atoms with Crippen molar-refractivity contribution in [1.29, 1.82) is 0 Å². The van der Waals surface area contributed by atoms with Crippen LogP contribution in [0.2, 0.25) is 0 Å². The van der Waals surface area contributed by atoms with Crippen LogP contribution in [0.1, 0.15) is 5.69 Å². The molecule has 2 fully saturated rings. The van der Waals surface area contributed by atoms with Gasteiger partial charge in [0.15, 0.2) is 0 Å². The summed E-state index contributed by atoms with van der Waals surface area (Å²) in [6, 6.07) is 8.74. The minimum absolute atomic E-state index is 0.315. The van der Waals surface area contributed by atoms with Crippen molar-refractivity contribution in [3.8, 4) is 0 Å². The molecule has 0 spiro atoms. The van der Waals surface area contributed by atoms with Gasteiger partial charge in [0.2, 0.25) is 16.0 Å². The molecule has 2 aliphatic rings. The van der Waals surface area contributed by atoms with Crippen molar-refractivity contribution in [2.24, 2.45) is 0 Å². The topological polar surface area (TPSA) is 78.9 Å². The molecule has 10 heteroatoms. The Morgan fingerprint density at radius 3 is 2.24 bits per heavy atom. The van der Waals surface area contributed by atoms with Gasteiger partial charge < -0.3 is 14.5 Å². The number of aromatic nitrogens is 2. The first-order valence-corrected chi connectivity index (χ1v) is 11.9. The molecule has 3 heterocycles. The molecule has 2 aromatic rings. The van der Waals surface area contributed by atoms with Gasteiger partial charge in [0.25, 0.3) is 0 Å². The van der Waals surface area contributed by atoms with Crippen LogP contribution in [0, 0.1) is 6.92 Å². The fraction of sp³-hybridized carbons (Fsp3) is 0.474. The lowest BCUT2D eigenvalue weighted by atomic mass is 10.3. The third kappa shape index (κ3) is 4.55. The third-order valence-electron chi connectivity index (χ3n) is 5.14. The Morgan fingerprint density at radius 2 is 1.59 bits per heavy atom. The van der Waals surface area contributed by atoms with Crippen molar-refractivity contribution in [2.45, 2.75) is 11.8 Å². The molecule has 0 unspecified atom stereocenters. The van der Waals surface area contributed by atoms with E-state index in [-0.39, 0.29) is 0 Å². The van der Waals surface area contributed by atoms with Gasteiger partial charge in [-0.2, -0.15) is 9.29 Å². The van der Waals surface area contributed by atoms with Crippen LogP contribution in [0.15, 0.2) is 39.7 Å². The minimum Gasteiger partial charge on any atom is -0.378 e. The molecule has 1 aromatic carbocycles. The monoisotopic (exact) mass is 481 g/mol. The Balaban J connectivity index is 1.47. The van der Waals surface area contributed by atoms with Crippen LogP contribution in [0.5, 0.6) is 0 Å². The number of hydrogen-bond acceptors (Lipinski definition) is 7. The van der Waals surface area contributed by atoms with E-state index in [1.807, 2.05) is 13.0 Å². The second kappa shape index (κ2) is 8.55. The number of hydrogen-bond donors (Lipinski definition) is 0. The summed E-state index contributed by atoms with van der Waals surface area (Å²) in [5.41, 5.74) is 0.904.